The van der Waals surface area contributed by atoms with E-state index < -0.39 is 0 Å². The van der Waals surface area contributed by atoms with E-state index in [2.05, 4.69) is 20.2 Å². The summed E-state index contributed by atoms with van der Waals surface area (Å²) < 4.78 is 1.87. The van der Waals surface area contributed by atoms with Crippen LogP contribution >= 0.6 is 0 Å². The lowest BCUT2D eigenvalue weighted by Gasteiger charge is -2.27. The van der Waals surface area contributed by atoms with Gasteiger partial charge in [0.1, 0.15) is 5.65 Å². The molecule has 1 aliphatic heterocycles. The molecule has 0 amide bonds. The molecule has 6 heteroatoms. The molecule has 1 fully saturated rings. The van der Waals surface area contributed by atoms with E-state index in [9.17, 15) is 4.79 Å². The molecule has 1 saturated heterocycles. The second-order valence-electron chi connectivity index (χ2n) is 4.29. The molecule has 0 atom stereocenters. The van der Waals surface area contributed by atoms with Gasteiger partial charge in [-0.05, 0) is 6.07 Å². The van der Waals surface area contributed by atoms with Gasteiger partial charge in [-0.25, -0.2) is 0 Å². The van der Waals surface area contributed by atoms with E-state index in [1.54, 1.807) is 6.07 Å². The molecule has 90 valence electrons. The van der Waals surface area contributed by atoms with Crippen LogP contribution in [-0.2, 0) is 7.05 Å². The van der Waals surface area contributed by atoms with Crippen molar-refractivity contribution in [2.75, 3.05) is 31.1 Å². The van der Waals surface area contributed by atoms with Gasteiger partial charge in [-0.2, -0.15) is 4.98 Å². The van der Waals surface area contributed by atoms with Gasteiger partial charge < -0.3 is 14.8 Å². The summed E-state index contributed by atoms with van der Waals surface area (Å²) in [5.41, 5.74) is 0.673. The van der Waals surface area contributed by atoms with Gasteiger partial charge in [-0.3, -0.25) is 9.78 Å². The Balaban J connectivity index is 2.10. The second kappa shape index (κ2) is 3.89. The largest absolute Gasteiger partial charge is 0.340 e. The van der Waals surface area contributed by atoms with Crippen LogP contribution in [0.25, 0.3) is 11.0 Å². The summed E-state index contributed by atoms with van der Waals surface area (Å²) in [4.78, 5) is 21.4. The summed E-state index contributed by atoms with van der Waals surface area (Å²) in [6.45, 7) is 3.60. The summed E-state index contributed by atoms with van der Waals surface area (Å²) in [7, 11) is 1.90. The number of nitrogens with one attached hydrogen (secondary N) is 2. The number of rotatable bonds is 1. The number of hydrogen-bond acceptors (Lipinski definition) is 4. The minimum Gasteiger partial charge on any atom is -0.340 e. The molecule has 0 unspecified atom stereocenters. The molecule has 0 aliphatic carbocycles. The maximum absolute atomic E-state index is 11.9. The molecule has 2 N–H and O–H groups in total. The number of aryl methyl sites for hydroxylation is 1. The van der Waals surface area contributed by atoms with Crippen LogP contribution in [0.3, 0.4) is 0 Å². The first kappa shape index (κ1) is 10.3. The smallest absolute Gasteiger partial charge is 0.261 e. The fourth-order valence-corrected chi connectivity index (χ4v) is 2.16. The van der Waals surface area contributed by atoms with Crippen molar-refractivity contribution in [1.29, 1.82) is 0 Å². The predicted molar refractivity (Wildman–Crippen MR) is 66.4 cm³/mol. The summed E-state index contributed by atoms with van der Waals surface area (Å²) >= 11 is 0. The van der Waals surface area contributed by atoms with Crippen molar-refractivity contribution in [3.05, 3.63) is 22.6 Å². The van der Waals surface area contributed by atoms with Crippen LogP contribution < -0.4 is 15.8 Å². The normalized spacial score (nSPS) is 16.6. The second-order valence-corrected chi connectivity index (χ2v) is 4.29. The van der Waals surface area contributed by atoms with Gasteiger partial charge in [-0.15, -0.1) is 0 Å². The van der Waals surface area contributed by atoms with Gasteiger partial charge in [0.15, 0.2) is 0 Å². The Morgan fingerprint density at radius 1 is 1.35 bits per heavy atom. The Hall–Kier alpha value is -1.82. The van der Waals surface area contributed by atoms with E-state index in [1.165, 1.54) is 0 Å². The van der Waals surface area contributed by atoms with Crippen molar-refractivity contribution >= 4 is 17.0 Å². The summed E-state index contributed by atoms with van der Waals surface area (Å²) in [6.07, 6.45) is 1.86. The van der Waals surface area contributed by atoms with Gasteiger partial charge in [-0.1, -0.05) is 0 Å². The van der Waals surface area contributed by atoms with Crippen LogP contribution in [0.1, 0.15) is 0 Å². The SMILES string of the molecule is Cn1ccc2c(=O)[nH]c(N3CCNCC3)nc21. The van der Waals surface area contributed by atoms with Crippen molar-refractivity contribution in [2.45, 2.75) is 0 Å². The zero-order chi connectivity index (χ0) is 11.8. The highest BCUT2D eigenvalue weighted by molar-refractivity contribution is 5.76. The zero-order valence-electron chi connectivity index (χ0n) is 9.73. The third kappa shape index (κ3) is 1.70. The Morgan fingerprint density at radius 3 is 2.88 bits per heavy atom. The fraction of sp³-hybridized carbons (Fsp3) is 0.455. The Kier molecular flexibility index (Phi) is 2.36. The first-order valence-electron chi connectivity index (χ1n) is 5.77. The molecule has 2 aromatic rings. The molecule has 0 bridgehead atoms. The van der Waals surface area contributed by atoms with Crippen molar-refractivity contribution in [2.24, 2.45) is 7.05 Å². The number of aromatic nitrogens is 3. The van der Waals surface area contributed by atoms with Crippen molar-refractivity contribution in [3.63, 3.8) is 0 Å². The van der Waals surface area contributed by atoms with Crippen molar-refractivity contribution < 1.29 is 0 Å². The summed E-state index contributed by atoms with van der Waals surface area (Å²) in [6, 6.07) is 1.79. The molecule has 3 rings (SSSR count). The minimum atomic E-state index is -0.0656. The molecule has 0 saturated carbocycles. The topological polar surface area (TPSA) is 66.0 Å². The van der Waals surface area contributed by atoms with Gasteiger partial charge in [0.2, 0.25) is 5.95 Å². The van der Waals surface area contributed by atoms with E-state index in [1.807, 2.05) is 17.8 Å². The maximum Gasteiger partial charge on any atom is 0.261 e. The summed E-state index contributed by atoms with van der Waals surface area (Å²) in [5.74, 6) is 0.672. The average molecular weight is 233 g/mol. The van der Waals surface area contributed by atoms with Gasteiger partial charge in [0.05, 0.1) is 5.39 Å². The van der Waals surface area contributed by atoms with Crippen LogP contribution in [0, 0.1) is 0 Å². The molecule has 2 aromatic heterocycles. The monoisotopic (exact) mass is 233 g/mol. The highest BCUT2D eigenvalue weighted by atomic mass is 16.1. The lowest BCUT2D eigenvalue weighted by molar-refractivity contribution is 0.580. The minimum absolute atomic E-state index is 0.0656. The van der Waals surface area contributed by atoms with Gasteiger partial charge in [0, 0.05) is 39.4 Å². The first-order chi connectivity index (χ1) is 8.25. The quantitative estimate of drug-likeness (QED) is 0.708. The number of anilines is 1. The third-order valence-corrected chi connectivity index (χ3v) is 3.14. The Labute approximate surface area is 98.3 Å². The lowest BCUT2D eigenvalue weighted by Crippen LogP contribution is -2.44. The van der Waals surface area contributed by atoms with Crippen LogP contribution in [0.4, 0.5) is 5.95 Å². The molecule has 0 spiro atoms. The molecular weight excluding hydrogens is 218 g/mol. The number of aromatic amines is 1. The molecule has 0 radical (unpaired) electrons. The van der Waals surface area contributed by atoms with Gasteiger partial charge >= 0.3 is 0 Å². The predicted octanol–water partition coefficient (Wildman–Crippen LogP) is -0.329. The van der Waals surface area contributed by atoms with Crippen molar-refractivity contribution in [1.82, 2.24) is 19.9 Å². The van der Waals surface area contributed by atoms with Crippen LogP contribution in [-0.4, -0.2) is 40.7 Å². The first-order valence-corrected chi connectivity index (χ1v) is 5.77. The number of fused-ring (bicyclic) bond motifs is 1. The van der Waals surface area contributed by atoms with Crippen LogP contribution in [0.5, 0.6) is 0 Å². The molecule has 6 nitrogen and oxygen atoms in total. The fourth-order valence-electron chi connectivity index (χ4n) is 2.16. The molecule has 17 heavy (non-hydrogen) atoms. The van der Waals surface area contributed by atoms with E-state index in [4.69, 9.17) is 0 Å². The molecule has 1 aliphatic rings. The summed E-state index contributed by atoms with van der Waals surface area (Å²) in [5, 5.41) is 3.92. The van der Waals surface area contributed by atoms with Crippen LogP contribution in [0.2, 0.25) is 0 Å². The molecule has 3 heterocycles. The lowest BCUT2D eigenvalue weighted by atomic mass is 10.4. The van der Waals surface area contributed by atoms with Crippen LogP contribution in [0.15, 0.2) is 17.1 Å². The highest BCUT2D eigenvalue weighted by Crippen LogP contribution is 2.12. The van der Waals surface area contributed by atoms with Crippen molar-refractivity contribution in [3.8, 4) is 0 Å². The molecular formula is C11H15N5O. The number of H-pyrrole nitrogens is 1. The standard InChI is InChI=1S/C11H15N5O/c1-15-5-2-8-9(15)13-11(14-10(8)17)16-6-3-12-4-7-16/h2,5,12H,3-4,6-7H2,1H3,(H,13,14,17). The zero-order valence-corrected chi connectivity index (χ0v) is 9.73. The average Bonchev–Trinajstić information content (AvgIpc) is 2.73. The highest BCUT2D eigenvalue weighted by Gasteiger charge is 2.14. The molecule has 0 aromatic carbocycles. The van der Waals surface area contributed by atoms with E-state index in [-0.39, 0.29) is 5.56 Å². The number of nitrogens with zero attached hydrogens (tertiary/aromatic N) is 3. The van der Waals surface area contributed by atoms with E-state index >= 15 is 0 Å². The maximum atomic E-state index is 11.9. The Morgan fingerprint density at radius 2 is 2.12 bits per heavy atom. The van der Waals surface area contributed by atoms with Gasteiger partial charge in [0.25, 0.3) is 5.56 Å². The van der Waals surface area contributed by atoms with E-state index in [0.717, 1.165) is 31.8 Å². The third-order valence-electron chi connectivity index (χ3n) is 3.14. The Bertz CT molecular complexity index is 593. The van der Waals surface area contributed by atoms with E-state index in [0.29, 0.717) is 11.3 Å². The number of hydrogen-bond donors (Lipinski definition) is 2. The number of piperazine rings is 1.